The van der Waals surface area contributed by atoms with E-state index >= 15 is 0 Å². The van der Waals surface area contributed by atoms with Crippen molar-refractivity contribution >= 4 is 23.6 Å². The van der Waals surface area contributed by atoms with Gasteiger partial charge in [0.25, 0.3) is 0 Å². The number of hydrogen-bond donors (Lipinski definition) is 3. The number of fused-ring (bicyclic) bond motifs is 7. The van der Waals surface area contributed by atoms with Crippen molar-refractivity contribution in [1.82, 2.24) is 10.2 Å². The fourth-order valence-electron chi connectivity index (χ4n) is 14.0. The first-order valence-corrected chi connectivity index (χ1v) is 22.3. The number of nitrogens with zero attached hydrogens (tertiary/aromatic N) is 1. The van der Waals surface area contributed by atoms with Gasteiger partial charge in [0.05, 0.1) is 24.5 Å². The van der Waals surface area contributed by atoms with Crippen molar-refractivity contribution in [3.8, 4) is 0 Å². The van der Waals surface area contributed by atoms with E-state index in [1.807, 2.05) is 0 Å². The minimum absolute atomic E-state index is 0.0144. The molecule has 9 atom stereocenters. The van der Waals surface area contributed by atoms with Gasteiger partial charge < -0.3 is 20.3 Å². The molecule has 9 heteroatoms. The molecule has 9 nitrogen and oxygen atoms in total. The Morgan fingerprint density at radius 3 is 2.16 bits per heavy atom. The van der Waals surface area contributed by atoms with Crippen molar-refractivity contribution in [3.05, 3.63) is 11.1 Å². The molecule has 0 aromatic carbocycles. The highest BCUT2D eigenvalue weighted by molar-refractivity contribution is 6.00. The van der Waals surface area contributed by atoms with Crippen molar-refractivity contribution < 1.29 is 34.1 Å². The SMILES string of the molecule is CC(C)C1=C2C3CCC4C5(C)CCC(OC(=O)CC(C)(C)C(=O)O)C(C)(C)C5CCC4(C)C3(C)CCC2(C(O)CN(CC(=O)NCC2CCC2)C(C)C)CC1=O. The number of carboxylic acid groups (broad SMARTS) is 1. The number of aliphatic hydroxyl groups is 1. The van der Waals surface area contributed by atoms with Crippen LogP contribution in [0, 0.1) is 62.1 Å². The molecule has 0 aromatic rings. The third-order valence-corrected chi connectivity index (χ3v) is 17.8. The lowest BCUT2D eigenvalue weighted by molar-refractivity contribution is -0.235. The molecule has 316 valence electrons. The van der Waals surface area contributed by atoms with Crippen molar-refractivity contribution in [3.63, 3.8) is 0 Å². The maximum absolute atomic E-state index is 14.2. The molecule has 0 aliphatic heterocycles. The van der Waals surface area contributed by atoms with Crippen LogP contribution in [0.2, 0.25) is 0 Å². The molecule has 3 N–H and O–H groups in total. The number of hydrogen-bond acceptors (Lipinski definition) is 7. The number of rotatable bonds is 13. The van der Waals surface area contributed by atoms with Crippen LogP contribution < -0.4 is 5.32 Å². The summed E-state index contributed by atoms with van der Waals surface area (Å²) in [6.45, 7) is 25.1. The molecule has 0 heterocycles. The van der Waals surface area contributed by atoms with Gasteiger partial charge in [-0.3, -0.25) is 24.1 Å². The lowest BCUT2D eigenvalue weighted by Crippen LogP contribution is -2.66. The van der Waals surface area contributed by atoms with Crippen molar-refractivity contribution in [2.24, 2.45) is 62.1 Å². The fraction of sp³-hybridized carbons (Fsp3) is 0.872. The number of nitrogens with one attached hydrogen (secondary N) is 1. The molecule has 9 unspecified atom stereocenters. The molecule has 5 fully saturated rings. The topological polar surface area (TPSA) is 133 Å². The number of aliphatic carboxylic acids is 1. The summed E-state index contributed by atoms with van der Waals surface area (Å²) in [7, 11) is 0. The molecule has 0 saturated heterocycles. The molecule has 0 aromatic heterocycles. The van der Waals surface area contributed by atoms with Gasteiger partial charge in [-0.15, -0.1) is 0 Å². The number of ketones is 1. The van der Waals surface area contributed by atoms with Crippen molar-refractivity contribution in [2.45, 2.75) is 178 Å². The largest absolute Gasteiger partial charge is 0.481 e. The van der Waals surface area contributed by atoms with Gasteiger partial charge in [-0.25, -0.2) is 0 Å². The lowest BCUT2D eigenvalue weighted by atomic mass is 9.33. The van der Waals surface area contributed by atoms with E-state index in [-0.39, 0.29) is 70.3 Å². The number of carbonyl (C=O) groups excluding carboxylic acids is 3. The standard InChI is InChI=1S/C47H76N2O7/c1-28(2)39-32(50)23-47(35(51)26-49(29(3)4)27-37(52)48-25-30-13-12-14-30)22-21-45(10)31(40(39)47)15-16-34-44(9)19-18-36(56-38(53)24-42(5,6)41(54)55)43(7,8)33(44)17-20-46(34,45)11/h28-31,33-36,51H,12-27H2,1-11H3,(H,48,52)(H,54,55). The Morgan fingerprint density at radius 2 is 1.57 bits per heavy atom. The minimum Gasteiger partial charge on any atom is -0.481 e. The Labute approximate surface area is 337 Å². The summed E-state index contributed by atoms with van der Waals surface area (Å²) in [5, 5.41) is 25.3. The van der Waals surface area contributed by atoms with Crippen LogP contribution in [-0.2, 0) is 23.9 Å². The zero-order chi connectivity index (χ0) is 41.4. The van der Waals surface area contributed by atoms with Gasteiger partial charge in [0.2, 0.25) is 5.91 Å². The van der Waals surface area contributed by atoms with E-state index in [4.69, 9.17) is 4.74 Å². The monoisotopic (exact) mass is 781 g/mol. The predicted molar refractivity (Wildman–Crippen MR) is 218 cm³/mol. The summed E-state index contributed by atoms with van der Waals surface area (Å²) < 4.78 is 6.18. The van der Waals surface area contributed by atoms with Gasteiger partial charge in [0, 0.05) is 36.4 Å². The van der Waals surface area contributed by atoms with Crippen LogP contribution in [0.5, 0.6) is 0 Å². The Kier molecular flexibility index (Phi) is 11.7. The summed E-state index contributed by atoms with van der Waals surface area (Å²) in [6, 6.07) is 0.0724. The summed E-state index contributed by atoms with van der Waals surface area (Å²) in [5.41, 5.74) is 0.179. The predicted octanol–water partition coefficient (Wildman–Crippen LogP) is 8.37. The van der Waals surface area contributed by atoms with Crippen LogP contribution in [0.4, 0.5) is 0 Å². The third-order valence-electron chi connectivity index (χ3n) is 17.8. The molecule has 5 saturated carbocycles. The summed E-state index contributed by atoms with van der Waals surface area (Å²) in [6.07, 6.45) is 10.4. The molecule has 56 heavy (non-hydrogen) atoms. The number of carboxylic acids is 1. The Hall–Kier alpha value is -2.26. The van der Waals surface area contributed by atoms with E-state index in [0.29, 0.717) is 30.7 Å². The van der Waals surface area contributed by atoms with E-state index < -0.39 is 28.9 Å². The summed E-state index contributed by atoms with van der Waals surface area (Å²) in [4.78, 5) is 54.4. The quantitative estimate of drug-likeness (QED) is 0.159. The first-order chi connectivity index (χ1) is 25.9. The van der Waals surface area contributed by atoms with Gasteiger partial charge in [0.15, 0.2) is 5.78 Å². The molecular weight excluding hydrogens is 705 g/mol. The minimum atomic E-state index is -1.17. The van der Waals surface area contributed by atoms with Gasteiger partial charge in [-0.2, -0.15) is 0 Å². The number of esters is 1. The molecule has 0 radical (unpaired) electrons. The smallest absolute Gasteiger partial charge is 0.309 e. The second-order valence-electron chi connectivity index (χ2n) is 22.2. The average molecular weight is 781 g/mol. The molecule has 6 rings (SSSR count). The van der Waals surface area contributed by atoms with Crippen LogP contribution in [0.15, 0.2) is 11.1 Å². The second-order valence-corrected chi connectivity index (χ2v) is 22.2. The van der Waals surface area contributed by atoms with E-state index in [2.05, 4.69) is 72.5 Å². The lowest BCUT2D eigenvalue weighted by Gasteiger charge is -2.72. The summed E-state index contributed by atoms with van der Waals surface area (Å²) in [5.74, 6) is 0.479. The highest BCUT2D eigenvalue weighted by atomic mass is 16.5. The normalized spacial score (nSPS) is 37.4. The number of amides is 1. The number of Topliss-reactive ketones (excluding diaryl/α,β-unsaturated/α-hetero) is 1. The first kappa shape index (κ1) is 43.3. The van der Waals surface area contributed by atoms with E-state index in [1.54, 1.807) is 13.8 Å². The third kappa shape index (κ3) is 7.02. The maximum Gasteiger partial charge on any atom is 0.309 e. The zero-order valence-electron chi connectivity index (χ0n) is 36.8. The zero-order valence-corrected chi connectivity index (χ0v) is 36.8. The van der Waals surface area contributed by atoms with Crippen molar-refractivity contribution in [1.29, 1.82) is 0 Å². The molecule has 6 aliphatic carbocycles. The van der Waals surface area contributed by atoms with E-state index in [1.165, 1.54) is 24.8 Å². The number of allylic oxidation sites excluding steroid dienone is 1. The van der Waals surface area contributed by atoms with E-state index in [0.717, 1.165) is 63.5 Å². The maximum atomic E-state index is 14.2. The molecule has 6 aliphatic rings. The fourth-order valence-corrected chi connectivity index (χ4v) is 14.0. The molecule has 0 spiro atoms. The molecule has 1 amide bonds. The first-order valence-electron chi connectivity index (χ1n) is 22.3. The molecule has 0 bridgehead atoms. The van der Waals surface area contributed by atoms with Crippen LogP contribution in [-0.4, -0.2) is 76.6 Å². The molecular formula is C47H76N2O7. The average Bonchev–Trinajstić information content (AvgIpc) is 3.38. The highest BCUT2D eigenvalue weighted by Gasteiger charge is 2.71. The number of carbonyl (C=O) groups is 4. The Balaban J connectivity index is 1.25. The highest BCUT2D eigenvalue weighted by Crippen LogP contribution is 2.77. The van der Waals surface area contributed by atoms with Crippen LogP contribution in [0.25, 0.3) is 0 Å². The second kappa shape index (κ2) is 15.1. The van der Waals surface area contributed by atoms with Crippen molar-refractivity contribution in [2.75, 3.05) is 19.6 Å². The van der Waals surface area contributed by atoms with Crippen LogP contribution in [0.3, 0.4) is 0 Å². The summed E-state index contributed by atoms with van der Waals surface area (Å²) >= 11 is 0. The number of aliphatic hydroxyl groups excluding tert-OH is 1. The number of ether oxygens (including phenoxy) is 1. The Morgan fingerprint density at radius 1 is 0.893 bits per heavy atom. The van der Waals surface area contributed by atoms with Gasteiger partial charge in [-0.05, 0) is 143 Å². The Bertz CT molecular complexity index is 1590. The van der Waals surface area contributed by atoms with Gasteiger partial charge in [-0.1, -0.05) is 60.5 Å². The van der Waals surface area contributed by atoms with Gasteiger partial charge >= 0.3 is 11.9 Å². The van der Waals surface area contributed by atoms with Gasteiger partial charge in [0.1, 0.15) is 6.10 Å². The van der Waals surface area contributed by atoms with E-state index in [9.17, 15) is 29.4 Å². The van der Waals surface area contributed by atoms with Crippen LogP contribution >= 0.6 is 0 Å². The van der Waals surface area contributed by atoms with Crippen LogP contribution in [0.1, 0.15) is 160 Å².